The zero-order chi connectivity index (χ0) is 5.82. The van der Waals surface area contributed by atoms with E-state index in [0.29, 0.717) is 0 Å². The first-order valence-electron chi connectivity index (χ1n) is 3.09. The molecule has 0 aromatic heterocycles. The van der Waals surface area contributed by atoms with Crippen molar-refractivity contribution in [3.63, 3.8) is 0 Å². The van der Waals surface area contributed by atoms with E-state index >= 15 is 0 Å². The second-order valence-corrected chi connectivity index (χ2v) is 2.19. The predicted molar refractivity (Wildman–Crippen MR) is 30.0 cm³/mol. The van der Waals surface area contributed by atoms with E-state index in [0.717, 1.165) is 18.9 Å². The van der Waals surface area contributed by atoms with Crippen LogP contribution in [0.5, 0.6) is 0 Å². The maximum Gasteiger partial charge on any atom is 0.135 e. The van der Waals surface area contributed by atoms with Gasteiger partial charge in [0.25, 0.3) is 0 Å². The lowest BCUT2D eigenvalue weighted by Crippen LogP contribution is -2.05. The van der Waals surface area contributed by atoms with E-state index in [-0.39, 0.29) is 0 Å². The monoisotopic (exact) mass is 115 g/mol. The minimum Gasteiger partial charge on any atom is -0.251 e. The molecule has 1 rings (SSSR count). The van der Waals surface area contributed by atoms with Crippen LogP contribution in [0.2, 0.25) is 0 Å². The van der Waals surface area contributed by atoms with Gasteiger partial charge in [-0.3, -0.25) is 5.26 Å². The molecule has 1 aliphatic rings. The standard InChI is InChI=1S/C6H11O2/c7-8-6-4-2-1-3-5-6/h7H,1-5H2. The van der Waals surface area contributed by atoms with Crippen LogP contribution in [0.1, 0.15) is 32.1 Å². The van der Waals surface area contributed by atoms with E-state index in [4.69, 9.17) is 5.26 Å². The Hall–Kier alpha value is -0.0800. The van der Waals surface area contributed by atoms with Crippen LogP contribution < -0.4 is 0 Å². The molecule has 2 heteroatoms. The first-order valence-corrected chi connectivity index (χ1v) is 3.09. The van der Waals surface area contributed by atoms with Gasteiger partial charge in [0.2, 0.25) is 0 Å². The molecule has 0 aliphatic heterocycles. The largest absolute Gasteiger partial charge is 0.251 e. The molecule has 0 aromatic rings. The van der Waals surface area contributed by atoms with Gasteiger partial charge in [0, 0.05) is 0 Å². The van der Waals surface area contributed by atoms with Crippen molar-refractivity contribution in [3.8, 4) is 0 Å². The summed E-state index contributed by atoms with van der Waals surface area (Å²) in [7, 11) is 0. The van der Waals surface area contributed by atoms with Gasteiger partial charge in [-0.05, 0) is 12.8 Å². The Morgan fingerprint density at radius 3 is 2.12 bits per heavy atom. The van der Waals surface area contributed by atoms with E-state index in [9.17, 15) is 0 Å². The van der Waals surface area contributed by atoms with Gasteiger partial charge in [-0.15, -0.1) is 0 Å². The molecule has 47 valence electrons. The van der Waals surface area contributed by atoms with Gasteiger partial charge >= 0.3 is 0 Å². The Labute approximate surface area is 49.4 Å². The van der Waals surface area contributed by atoms with Crippen LogP contribution in [0.15, 0.2) is 0 Å². The average molecular weight is 115 g/mol. The molecule has 0 unspecified atom stereocenters. The summed E-state index contributed by atoms with van der Waals surface area (Å²) in [5, 5.41) is 8.15. The van der Waals surface area contributed by atoms with Gasteiger partial charge in [-0.25, -0.2) is 4.89 Å². The van der Waals surface area contributed by atoms with E-state index in [1.54, 1.807) is 0 Å². The first-order chi connectivity index (χ1) is 3.93. The Bertz CT molecular complexity index is 57.5. The summed E-state index contributed by atoms with van der Waals surface area (Å²) in [6.45, 7) is 0. The highest BCUT2D eigenvalue weighted by Crippen LogP contribution is 2.24. The molecule has 1 radical (unpaired) electrons. The van der Waals surface area contributed by atoms with Crippen LogP contribution in [0.25, 0.3) is 0 Å². The van der Waals surface area contributed by atoms with Gasteiger partial charge < -0.3 is 0 Å². The zero-order valence-electron chi connectivity index (χ0n) is 4.89. The maximum absolute atomic E-state index is 8.15. The average Bonchev–Trinajstić information content (AvgIpc) is 1.90. The lowest BCUT2D eigenvalue weighted by atomic mass is 9.98. The van der Waals surface area contributed by atoms with Crippen LogP contribution in [0.3, 0.4) is 0 Å². The Kier molecular flexibility index (Phi) is 2.30. The Morgan fingerprint density at radius 1 is 1.12 bits per heavy atom. The third-order valence-corrected chi connectivity index (χ3v) is 1.54. The van der Waals surface area contributed by atoms with Crippen molar-refractivity contribution >= 4 is 0 Å². The van der Waals surface area contributed by atoms with Gasteiger partial charge in [0.05, 0.1) is 0 Å². The van der Waals surface area contributed by atoms with Crippen molar-refractivity contribution in [2.24, 2.45) is 0 Å². The SMILES string of the molecule is OO[C]1CCCCC1. The highest BCUT2D eigenvalue weighted by atomic mass is 17.1. The number of hydrogen-bond acceptors (Lipinski definition) is 2. The lowest BCUT2D eigenvalue weighted by molar-refractivity contribution is -0.240. The molecule has 1 fully saturated rings. The molecule has 0 heterocycles. The molecule has 0 spiro atoms. The molecule has 8 heavy (non-hydrogen) atoms. The van der Waals surface area contributed by atoms with Crippen molar-refractivity contribution in [2.75, 3.05) is 0 Å². The summed E-state index contributed by atoms with van der Waals surface area (Å²) >= 11 is 0. The molecule has 0 saturated heterocycles. The van der Waals surface area contributed by atoms with Crippen LogP contribution in [0, 0.1) is 6.10 Å². The zero-order valence-corrected chi connectivity index (χ0v) is 4.89. The van der Waals surface area contributed by atoms with E-state index < -0.39 is 0 Å². The fourth-order valence-corrected chi connectivity index (χ4v) is 1.04. The van der Waals surface area contributed by atoms with Gasteiger partial charge in [-0.2, -0.15) is 0 Å². The van der Waals surface area contributed by atoms with E-state index in [1.165, 1.54) is 19.3 Å². The summed E-state index contributed by atoms with van der Waals surface area (Å²) < 4.78 is 0. The number of hydrogen-bond donors (Lipinski definition) is 1. The fourth-order valence-electron chi connectivity index (χ4n) is 1.04. The molecular formula is C6H11O2. The molecular weight excluding hydrogens is 104 g/mol. The normalized spacial score (nSPS) is 23.6. The summed E-state index contributed by atoms with van der Waals surface area (Å²) in [4.78, 5) is 4.11. The lowest BCUT2D eigenvalue weighted by Gasteiger charge is -2.15. The third kappa shape index (κ3) is 1.46. The summed E-state index contributed by atoms with van der Waals surface area (Å²) in [6.07, 6.45) is 6.40. The molecule has 2 nitrogen and oxygen atoms in total. The van der Waals surface area contributed by atoms with Crippen molar-refractivity contribution < 1.29 is 10.1 Å². The molecule has 1 N–H and O–H groups in total. The topological polar surface area (TPSA) is 29.5 Å². The second-order valence-electron chi connectivity index (χ2n) is 2.19. The molecule has 0 amide bonds. The van der Waals surface area contributed by atoms with Gasteiger partial charge in [-0.1, -0.05) is 19.3 Å². The van der Waals surface area contributed by atoms with Crippen molar-refractivity contribution in [2.45, 2.75) is 32.1 Å². The highest BCUT2D eigenvalue weighted by Gasteiger charge is 2.13. The van der Waals surface area contributed by atoms with Crippen molar-refractivity contribution in [3.05, 3.63) is 6.10 Å². The van der Waals surface area contributed by atoms with Crippen molar-refractivity contribution in [1.29, 1.82) is 0 Å². The molecule has 1 aliphatic carbocycles. The molecule has 0 atom stereocenters. The smallest absolute Gasteiger partial charge is 0.135 e. The molecule has 1 saturated carbocycles. The third-order valence-electron chi connectivity index (χ3n) is 1.54. The van der Waals surface area contributed by atoms with Crippen LogP contribution in [-0.4, -0.2) is 5.26 Å². The fraction of sp³-hybridized carbons (Fsp3) is 0.833. The van der Waals surface area contributed by atoms with E-state index in [2.05, 4.69) is 4.89 Å². The Balaban J connectivity index is 2.13. The van der Waals surface area contributed by atoms with E-state index in [1.807, 2.05) is 0 Å². The van der Waals surface area contributed by atoms with Crippen LogP contribution in [0.4, 0.5) is 0 Å². The molecule has 0 bridgehead atoms. The summed E-state index contributed by atoms with van der Waals surface area (Å²) in [5.74, 6) is 0. The molecule has 0 aromatic carbocycles. The van der Waals surface area contributed by atoms with Gasteiger partial charge in [0.15, 0.2) is 0 Å². The minimum atomic E-state index is 0.858. The van der Waals surface area contributed by atoms with Crippen LogP contribution >= 0.6 is 0 Å². The highest BCUT2D eigenvalue weighted by molar-refractivity contribution is 4.80. The van der Waals surface area contributed by atoms with Crippen LogP contribution in [-0.2, 0) is 4.89 Å². The summed E-state index contributed by atoms with van der Waals surface area (Å²) in [6, 6.07) is 0. The quantitative estimate of drug-likeness (QED) is 0.418. The predicted octanol–water partition coefficient (Wildman–Crippen LogP) is 1.97. The Morgan fingerprint density at radius 2 is 1.75 bits per heavy atom. The van der Waals surface area contributed by atoms with Crippen molar-refractivity contribution in [1.82, 2.24) is 0 Å². The number of rotatable bonds is 1. The van der Waals surface area contributed by atoms with Gasteiger partial charge in [0.1, 0.15) is 6.10 Å². The summed E-state index contributed by atoms with van der Waals surface area (Å²) in [5.41, 5.74) is 0. The minimum absolute atomic E-state index is 0.858. The first kappa shape index (κ1) is 6.05. The maximum atomic E-state index is 8.15. The second kappa shape index (κ2) is 3.05.